The first-order chi connectivity index (χ1) is 8.91. The third kappa shape index (κ3) is 4.51. The minimum atomic E-state index is -1.09. The fraction of sp³-hybridized carbons (Fsp3) is 0.364. The van der Waals surface area contributed by atoms with Crippen LogP contribution in [0.25, 0.3) is 0 Å². The second-order valence-electron chi connectivity index (χ2n) is 3.93. The van der Waals surface area contributed by atoms with E-state index in [1.165, 1.54) is 6.07 Å². The van der Waals surface area contributed by atoms with Crippen LogP contribution < -0.4 is 11.1 Å². The molecule has 1 rings (SSSR count). The van der Waals surface area contributed by atoms with Crippen molar-refractivity contribution in [1.82, 2.24) is 0 Å². The summed E-state index contributed by atoms with van der Waals surface area (Å²) in [6.07, 6.45) is 0.680. The second-order valence-corrected chi connectivity index (χ2v) is 3.93. The molecule has 0 radical (unpaired) electrons. The third-order valence-corrected chi connectivity index (χ3v) is 2.48. The third-order valence-electron chi connectivity index (χ3n) is 2.48. The summed E-state index contributed by atoms with van der Waals surface area (Å²) in [6.45, 7) is 0.313. The molecule has 19 heavy (non-hydrogen) atoms. The van der Waals surface area contributed by atoms with Crippen molar-refractivity contribution in [2.24, 2.45) is 5.73 Å². The number of anilines is 1. The normalized spacial score (nSPS) is 11.9. The van der Waals surface area contributed by atoms with Gasteiger partial charge in [0.15, 0.2) is 0 Å². The lowest BCUT2D eigenvalue weighted by Crippen LogP contribution is -2.30. The summed E-state index contributed by atoms with van der Waals surface area (Å²) in [6, 6.07) is 2.25. The number of nitro groups is 1. The molecule has 4 N–H and O–H groups in total. The van der Waals surface area contributed by atoms with E-state index < -0.39 is 22.8 Å². The molecule has 0 heterocycles. The second kappa shape index (κ2) is 6.64. The zero-order valence-corrected chi connectivity index (χ0v) is 10.0. The van der Waals surface area contributed by atoms with E-state index in [1.807, 2.05) is 0 Å². The largest absolute Gasteiger partial charge is 0.480 e. The number of aliphatic carboxylic acids is 1. The maximum atomic E-state index is 12.9. The van der Waals surface area contributed by atoms with E-state index in [1.54, 1.807) is 0 Å². The van der Waals surface area contributed by atoms with Crippen molar-refractivity contribution in [2.75, 3.05) is 11.9 Å². The van der Waals surface area contributed by atoms with Gasteiger partial charge in [-0.25, -0.2) is 4.39 Å². The number of hydrogen-bond donors (Lipinski definition) is 3. The van der Waals surface area contributed by atoms with Crippen LogP contribution >= 0.6 is 0 Å². The molecule has 0 aromatic heterocycles. The molecule has 0 unspecified atom stereocenters. The maximum absolute atomic E-state index is 12.9. The highest BCUT2D eigenvalue weighted by Gasteiger charge is 2.15. The first-order valence-electron chi connectivity index (χ1n) is 5.58. The number of carboxylic acids is 1. The van der Waals surface area contributed by atoms with Gasteiger partial charge in [0.2, 0.25) is 0 Å². The van der Waals surface area contributed by atoms with E-state index in [-0.39, 0.29) is 17.8 Å². The van der Waals surface area contributed by atoms with Crippen LogP contribution in [0.2, 0.25) is 0 Å². The van der Waals surface area contributed by atoms with Gasteiger partial charge < -0.3 is 16.2 Å². The molecule has 0 saturated heterocycles. The van der Waals surface area contributed by atoms with Gasteiger partial charge in [-0.3, -0.25) is 14.9 Å². The highest BCUT2D eigenvalue weighted by atomic mass is 19.1. The average Bonchev–Trinajstić information content (AvgIpc) is 2.35. The van der Waals surface area contributed by atoms with Gasteiger partial charge in [0, 0.05) is 6.54 Å². The van der Waals surface area contributed by atoms with Gasteiger partial charge in [-0.2, -0.15) is 0 Å². The Balaban J connectivity index is 2.54. The summed E-state index contributed by atoms with van der Waals surface area (Å²) >= 11 is 0. The summed E-state index contributed by atoms with van der Waals surface area (Å²) in [4.78, 5) is 20.5. The number of rotatable bonds is 7. The lowest BCUT2D eigenvalue weighted by Gasteiger charge is -2.08. The van der Waals surface area contributed by atoms with Gasteiger partial charge >= 0.3 is 5.97 Å². The van der Waals surface area contributed by atoms with Gasteiger partial charge in [0.05, 0.1) is 11.0 Å². The van der Waals surface area contributed by atoms with Crippen molar-refractivity contribution in [3.63, 3.8) is 0 Å². The summed E-state index contributed by atoms with van der Waals surface area (Å²) in [5.74, 6) is -1.78. The summed E-state index contributed by atoms with van der Waals surface area (Å²) in [5.41, 5.74) is 5.14. The number of carbonyl (C=O) groups is 1. The predicted octanol–water partition coefficient (Wildman–Crippen LogP) is 1.34. The number of nitrogens with two attached hydrogens (primary N) is 1. The van der Waals surface area contributed by atoms with Crippen LogP contribution in [-0.4, -0.2) is 28.6 Å². The molecule has 0 aliphatic carbocycles. The topological polar surface area (TPSA) is 118 Å². The van der Waals surface area contributed by atoms with E-state index in [0.717, 1.165) is 12.1 Å². The lowest BCUT2D eigenvalue weighted by molar-refractivity contribution is -0.384. The molecule has 1 aromatic rings. The SMILES string of the molecule is N[C@H](CCCNc1ccc(F)cc1[N+](=O)[O-])C(=O)O. The van der Waals surface area contributed by atoms with Gasteiger partial charge in [0.1, 0.15) is 17.5 Å². The molecule has 0 amide bonds. The van der Waals surface area contributed by atoms with E-state index in [4.69, 9.17) is 10.8 Å². The van der Waals surface area contributed by atoms with Crippen molar-refractivity contribution in [3.05, 3.63) is 34.1 Å². The molecule has 0 aliphatic rings. The summed E-state index contributed by atoms with van der Waals surface area (Å²) < 4.78 is 12.9. The number of carboxylic acid groups (broad SMARTS) is 1. The van der Waals surface area contributed by atoms with E-state index >= 15 is 0 Å². The summed E-state index contributed by atoms with van der Waals surface area (Å²) in [7, 11) is 0. The number of nitrogens with zero attached hydrogens (tertiary/aromatic N) is 1. The first-order valence-corrected chi connectivity index (χ1v) is 5.58. The van der Waals surface area contributed by atoms with Gasteiger partial charge in [-0.15, -0.1) is 0 Å². The first kappa shape index (κ1) is 14.8. The number of benzene rings is 1. The zero-order chi connectivity index (χ0) is 14.4. The Morgan fingerprint density at radius 3 is 2.84 bits per heavy atom. The Morgan fingerprint density at radius 2 is 2.26 bits per heavy atom. The van der Waals surface area contributed by atoms with Crippen LogP contribution in [0.15, 0.2) is 18.2 Å². The van der Waals surface area contributed by atoms with Crippen LogP contribution in [0.3, 0.4) is 0 Å². The quantitative estimate of drug-likeness (QED) is 0.391. The molecule has 0 spiro atoms. The van der Waals surface area contributed by atoms with Crippen molar-refractivity contribution >= 4 is 17.3 Å². The summed E-state index contributed by atoms with van der Waals surface area (Å²) in [5, 5.41) is 22.0. The Kier molecular flexibility index (Phi) is 5.19. The van der Waals surface area contributed by atoms with Crippen molar-refractivity contribution in [1.29, 1.82) is 0 Å². The Morgan fingerprint density at radius 1 is 1.58 bits per heavy atom. The molecule has 8 heteroatoms. The van der Waals surface area contributed by atoms with Gasteiger partial charge in [-0.1, -0.05) is 0 Å². The minimum absolute atomic E-state index is 0.190. The monoisotopic (exact) mass is 271 g/mol. The van der Waals surface area contributed by atoms with Crippen molar-refractivity contribution < 1.29 is 19.2 Å². The van der Waals surface area contributed by atoms with Crippen LogP contribution in [-0.2, 0) is 4.79 Å². The molecular formula is C11H14FN3O4. The molecule has 0 saturated carbocycles. The van der Waals surface area contributed by atoms with Crippen LogP contribution in [0.5, 0.6) is 0 Å². The number of hydrogen-bond acceptors (Lipinski definition) is 5. The lowest BCUT2D eigenvalue weighted by atomic mass is 10.1. The van der Waals surface area contributed by atoms with E-state index in [0.29, 0.717) is 13.0 Å². The van der Waals surface area contributed by atoms with Crippen LogP contribution in [0.4, 0.5) is 15.8 Å². The fourth-order valence-electron chi connectivity index (χ4n) is 1.47. The van der Waals surface area contributed by atoms with Crippen LogP contribution in [0, 0.1) is 15.9 Å². The number of nitrogens with one attached hydrogen (secondary N) is 1. The molecular weight excluding hydrogens is 257 g/mol. The molecule has 0 aliphatic heterocycles. The minimum Gasteiger partial charge on any atom is -0.480 e. The molecule has 7 nitrogen and oxygen atoms in total. The predicted molar refractivity (Wildman–Crippen MR) is 66.4 cm³/mol. The molecule has 0 bridgehead atoms. The molecule has 1 atom stereocenters. The highest BCUT2D eigenvalue weighted by molar-refractivity contribution is 5.72. The fourth-order valence-corrected chi connectivity index (χ4v) is 1.47. The van der Waals surface area contributed by atoms with E-state index in [2.05, 4.69) is 5.32 Å². The molecule has 0 fully saturated rings. The van der Waals surface area contributed by atoms with Gasteiger partial charge in [-0.05, 0) is 25.0 Å². The number of halogens is 1. The van der Waals surface area contributed by atoms with Crippen molar-refractivity contribution in [3.8, 4) is 0 Å². The molecule has 1 aromatic carbocycles. The number of nitro benzene ring substituents is 1. The Bertz CT molecular complexity index is 481. The Labute approximate surface area is 108 Å². The van der Waals surface area contributed by atoms with Crippen LogP contribution in [0.1, 0.15) is 12.8 Å². The Hall–Kier alpha value is -2.22. The standard InChI is InChI=1S/C11H14FN3O4/c12-7-3-4-9(10(6-7)15(18)19)14-5-1-2-8(13)11(16)17/h3-4,6,8,14H,1-2,5,13H2,(H,16,17)/t8-/m1/s1. The maximum Gasteiger partial charge on any atom is 0.320 e. The average molecular weight is 271 g/mol. The zero-order valence-electron chi connectivity index (χ0n) is 10.0. The van der Waals surface area contributed by atoms with E-state index in [9.17, 15) is 19.3 Å². The van der Waals surface area contributed by atoms with Crippen molar-refractivity contribution in [2.45, 2.75) is 18.9 Å². The van der Waals surface area contributed by atoms with Gasteiger partial charge in [0.25, 0.3) is 5.69 Å². The smallest absolute Gasteiger partial charge is 0.320 e. The molecule has 104 valence electrons. The highest BCUT2D eigenvalue weighted by Crippen LogP contribution is 2.24.